The average molecular weight is 311 g/mol. The number of carboxylic acids is 1. The van der Waals surface area contributed by atoms with Gasteiger partial charge in [0.15, 0.2) is 0 Å². The minimum atomic E-state index is -1.24. The first-order valence-electron chi connectivity index (χ1n) is 7.31. The first kappa shape index (κ1) is 13.7. The molecule has 23 heavy (non-hydrogen) atoms. The molecule has 1 fully saturated rings. The molecule has 3 aromatic heterocycles. The summed E-state index contributed by atoms with van der Waals surface area (Å²) in [5.74, 6) is -1.00. The molecule has 0 atom stereocenters. The zero-order valence-electron chi connectivity index (χ0n) is 12.1. The van der Waals surface area contributed by atoms with Crippen molar-refractivity contribution in [2.24, 2.45) is 0 Å². The van der Waals surface area contributed by atoms with Crippen LogP contribution in [0.15, 0.2) is 27.5 Å². The second-order valence-electron chi connectivity index (χ2n) is 5.76. The summed E-state index contributed by atoms with van der Waals surface area (Å²) in [5, 5.41) is 9.55. The number of carboxylic acid groups (broad SMARTS) is 1. The highest BCUT2D eigenvalue weighted by Crippen LogP contribution is 2.36. The second-order valence-corrected chi connectivity index (χ2v) is 5.76. The number of aromatic carboxylic acids is 1. The summed E-state index contributed by atoms with van der Waals surface area (Å²) < 4.78 is 5.53. The van der Waals surface area contributed by atoms with Crippen LogP contribution in [0.25, 0.3) is 22.2 Å². The van der Waals surface area contributed by atoms with Crippen molar-refractivity contribution in [2.75, 3.05) is 5.73 Å². The van der Waals surface area contributed by atoms with E-state index in [1.807, 2.05) is 0 Å². The number of aromatic nitrogens is 2. The number of pyridine rings is 2. The molecule has 3 heterocycles. The fourth-order valence-electron chi connectivity index (χ4n) is 2.84. The molecule has 116 valence electrons. The molecular weight excluding hydrogens is 298 g/mol. The molecule has 0 amide bonds. The van der Waals surface area contributed by atoms with Gasteiger partial charge in [-0.2, -0.15) is 4.98 Å². The lowest BCUT2D eigenvalue weighted by Crippen LogP contribution is -2.12. The van der Waals surface area contributed by atoms with E-state index in [0.717, 1.165) is 18.4 Å². The van der Waals surface area contributed by atoms with Gasteiger partial charge in [-0.1, -0.05) is 6.42 Å². The quantitative estimate of drug-likeness (QED) is 0.697. The smallest absolute Gasteiger partial charge is 0.339 e. The van der Waals surface area contributed by atoms with Crippen LogP contribution in [0, 0.1) is 0 Å². The molecule has 0 spiro atoms. The Morgan fingerprint density at radius 1 is 1.26 bits per heavy atom. The maximum atomic E-state index is 12.7. The van der Waals surface area contributed by atoms with E-state index in [2.05, 4.69) is 9.97 Å². The van der Waals surface area contributed by atoms with Crippen LogP contribution in [-0.2, 0) is 0 Å². The van der Waals surface area contributed by atoms with Gasteiger partial charge in [-0.05, 0) is 36.5 Å². The van der Waals surface area contributed by atoms with Crippen molar-refractivity contribution in [3.05, 3.63) is 39.7 Å². The second kappa shape index (κ2) is 4.77. The maximum absolute atomic E-state index is 12.7. The third kappa shape index (κ3) is 2.04. The molecule has 1 aliphatic carbocycles. The van der Waals surface area contributed by atoms with Crippen LogP contribution in [0.1, 0.15) is 41.1 Å². The maximum Gasteiger partial charge on any atom is 0.339 e. The summed E-state index contributed by atoms with van der Waals surface area (Å²) in [5.41, 5.74) is 6.23. The number of nitrogens with zero attached hydrogens (tertiary/aromatic N) is 2. The topological polar surface area (TPSA) is 119 Å². The van der Waals surface area contributed by atoms with E-state index in [4.69, 9.17) is 15.3 Å². The molecule has 4 rings (SSSR count). The van der Waals surface area contributed by atoms with Crippen LogP contribution in [0.4, 0.5) is 5.82 Å². The monoisotopic (exact) mass is 311 g/mol. The van der Waals surface area contributed by atoms with Gasteiger partial charge in [0.05, 0.1) is 10.8 Å². The number of hydrogen-bond donors (Lipinski definition) is 2. The third-order valence-electron chi connectivity index (χ3n) is 4.38. The third-order valence-corrected chi connectivity index (χ3v) is 4.38. The van der Waals surface area contributed by atoms with Crippen LogP contribution in [0.5, 0.6) is 0 Å². The highest BCUT2D eigenvalue weighted by molar-refractivity contribution is 5.98. The Bertz CT molecular complexity index is 1020. The number of nitrogens with two attached hydrogens (primary N) is 1. The molecule has 0 unspecified atom stereocenters. The minimum Gasteiger partial charge on any atom is -0.478 e. The van der Waals surface area contributed by atoms with Gasteiger partial charge < -0.3 is 15.3 Å². The molecule has 7 heteroatoms. The Balaban J connectivity index is 2.02. The molecule has 1 aliphatic rings. The van der Waals surface area contributed by atoms with Gasteiger partial charge in [0.2, 0.25) is 16.9 Å². The van der Waals surface area contributed by atoms with Gasteiger partial charge in [0, 0.05) is 6.20 Å². The highest BCUT2D eigenvalue weighted by atomic mass is 16.4. The van der Waals surface area contributed by atoms with Crippen molar-refractivity contribution < 1.29 is 14.3 Å². The Kier molecular flexibility index (Phi) is 2.84. The first-order valence-corrected chi connectivity index (χ1v) is 7.31. The molecule has 0 saturated heterocycles. The predicted molar refractivity (Wildman–Crippen MR) is 83.5 cm³/mol. The predicted octanol–water partition coefficient (Wildman–Crippen LogP) is 2.28. The normalized spacial score (nSPS) is 15.0. The fourth-order valence-corrected chi connectivity index (χ4v) is 2.84. The van der Waals surface area contributed by atoms with Crippen molar-refractivity contribution in [2.45, 2.75) is 25.2 Å². The molecule has 0 aromatic carbocycles. The van der Waals surface area contributed by atoms with E-state index < -0.39 is 5.97 Å². The van der Waals surface area contributed by atoms with Crippen LogP contribution in [0.3, 0.4) is 0 Å². The van der Waals surface area contributed by atoms with Gasteiger partial charge >= 0.3 is 5.97 Å². The summed E-state index contributed by atoms with van der Waals surface area (Å²) in [4.78, 5) is 31.9. The standard InChI is InChI=1S/C16H13N3O4/c17-13-11(16(21)22)5-10-12(20)9-4-8(7-2-1-3-7)6-18-14(9)23-15(10)19-13/h4-7H,1-3H2,(H2,17,19)(H,21,22). The van der Waals surface area contributed by atoms with Crippen LogP contribution >= 0.6 is 0 Å². The SMILES string of the molecule is Nc1nc2oc3ncc(C4CCC4)cc3c(=O)c2cc1C(=O)O. The van der Waals surface area contributed by atoms with Crippen molar-refractivity contribution >= 4 is 34.0 Å². The number of nitrogen functional groups attached to an aromatic ring is 1. The van der Waals surface area contributed by atoms with E-state index in [9.17, 15) is 9.59 Å². The van der Waals surface area contributed by atoms with Gasteiger partial charge in [-0.15, -0.1) is 0 Å². The summed E-state index contributed by atoms with van der Waals surface area (Å²) in [6, 6.07) is 3.00. The molecule has 7 nitrogen and oxygen atoms in total. The lowest BCUT2D eigenvalue weighted by molar-refractivity contribution is 0.0698. The van der Waals surface area contributed by atoms with E-state index >= 15 is 0 Å². The van der Waals surface area contributed by atoms with Gasteiger partial charge in [-0.25, -0.2) is 9.78 Å². The molecular formula is C16H13N3O4. The first-order chi connectivity index (χ1) is 11.0. The Labute approximate surface area is 129 Å². The lowest BCUT2D eigenvalue weighted by atomic mass is 9.80. The van der Waals surface area contributed by atoms with E-state index in [0.29, 0.717) is 11.3 Å². The fraction of sp³-hybridized carbons (Fsp3) is 0.250. The molecule has 0 bridgehead atoms. The van der Waals surface area contributed by atoms with E-state index in [1.54, 1.807) is 12.3 Å². The molecule has 3 aromatic rings. The summed E-state index contributed by atoms with van der Waals surface area (Å²) in [7, 11) is 0. The zero-order chi connectivity index (χ0) is 16.1. The molecule has 3 N–H and O–H groups in total. The highest BCUT2D eigenvalue weighted by Gasteiger charge is 2.22. The molecule has 0 aliphatic heterocycles. The van der Waals surface area contributed by atoms with Crippen molar-refractivity contribution in [1.29, 1.82) is 0 Å². The van der Waals surface area contributed by atoms with Crippen LogP contribution in [0.2, 0.25) is 0 Å². The number of hydrogen-bond acceptors (Lipinski definition) is 6. The zero-order valence-corrected chi connectivity index (χ0v) is 12.1. The van der Waals surface area contributed by atoms with Crippen LogP contribution < -0.4 is 11.2 Å². The summed E-state index contributed by atoms with van der Waals surface area (Å²) in [6.07, 6.45) is 5.08. The molecule has 0 radical (unpaired) electrons. The largest absolute Gasteiger partial charge is 0.478 e. The Hall–Kier alpha value is -2.96. The number of rotatable bonds is 2. The van der Waals surface area contributed by atoms with Crippen molar-refractivity contribution in [3.8, 4) is 0 Å². The van der Waals surface area contributed by atoms with Crippen LogP contribution in [-0.4, -0.2) is 21.0 Å². The molecule has 1 saturated carbocycles. The average Bonchev–Trinajstić information content (AvgIpc) is 2.45. The van der Waals surface area contributed by atoms with E-state index in [1.165, 1.54) is 12.5 Å². The van der Waals surface area contributed by atoms with Gasteiger partial charge in [-0.3, -0.25) is 4.79 Å². The van der Waals surface area contributed by atoms with Gasteiger partial charge in [0.1, 0.15) is 11.4 Å². The van der Waals surface area contributed by atoms with Gasteiger partial charge in [0.25, 0.3) is 0 Å². The van der Waals surface area contributed by atoms with Crippen molar-refractivity contribution in [3.63, 3.8) is 0 Å². The summed E-state index contributed by atoms with van der Waals surface area (Å²) >= 11 is 0. The Morgan fingerprint density at radius 3 is 2.65 bits per heavy atom. The Morgan fingerprint density at radius 2 is 2.00 bits per heavy atom. The minimum absolute atomic E-state index is 0.00565. The van der Waals surface area contributed by atoms with Crippen molar-refractivity contribution in [1.82, 2.24) is 9.97 Å². The number of fused-ring (bicyclic) bond motifs is 2. The number of carbonyl (C=O) groups is 1. The van der Waals surface area contributed by atoms with E-state index in [-0.39, 0.29) is 33.6 Å². The number of anilines is 1. The lowest BCUT2D eigenvalue weighted by Gasteiger charge is -2.25. The summed E-state index contributed by atoms with van der Waals surface area (Å²) in [6.45, 7) is 0.